The zero-order valence-electron chi connectivity index (χ0n) is 9.05. The molecule has 0 aliphatic heterocycles. The smallest absolute Gasteiger partial charge is 0.135 e. The number of rotatable bonds is 7. The molecule has 0 aliphatic carbocycles. The van der Waals surface area contributed by atoms with Crippen molar-refractivity contribution < 1.29 is 9.90 Å². The van der Waals surface area contributed by atoms with Crippen molar-refractivity contribution in [2.75, 3.05) is 6.61 Å². The van der Waals surface area contributed by atoms with Gasteiger partial charge in [-0.3, -0.25) is 4.79 Å². The molecule has 0 spiro atoms. The quantitative estimate of drug-likeness (QED) is 0.663. The van der Waals surface area contributed by atoms with Crippen LogP contribution < -0.4 is 0 Å². The van der Waals surface area contributed by atoms with E-state index in [4.69, 9.17) is 5.11 Å². The molecule has 0 fully saturated rings. The Morgan fingerprint density at radius 2 is 1.92 bits per heavy atom. The van der Waals surface area contributed by atoms with E-state index in [1.165, 1.54) is 0 Å². The minimum Gasteiger partial charge on any atom is -0.396 e. The first-order valence-electron chi connectivity index (χ1n) is 5.25. The molecule has 13 heavy (non-hydrogen) atoms. The summed E-state index contributed by atoms with van der Waals surface area (Å²) in [6, 6.07) is 0. The number of Topliss-reactive ketones (excluding diaryl/α,β-unsaturated/α-hetero) is 1. The molecular weight excluding hydrogens is 164 g/mol. The van der Waals surface area contributed by atoms with E-state index in [0.717, 1.165) is 19.3 Å². The highest BCUT2D eigenvalue weighted by Gasteiger charge is 2.10. The van der Waals surface area contributed by atoms with Crippen molar-refractivity contribution in [2.45, 2.75) is 46.5 Å². The molecule has 0 aromatic rings. The SMILES string of the molecule is CCC(=O)[C@@H](C)CCC[C@@H](C)CO. The fourth-order valence-corrected chi connectivity index (χ4v) is 1.37. The normalized spacial score (nSPS) is 15.4. The van der Waals surface area contributed by atoms with Gasteiger partial charge in [-0.15, -0.1) is 0 Å². The van der Waals surface area contributed by atoms with Crippen molar-refractivity contribution in [1.82, 2.24) is 0 Å². The molecule has 0 aliphatic rings. The van der Waals surface area contributed by atoms with Gasteiger partial charge in [0.1, 0.15) is 5.78 Å². The average molecular weight is 186 g/mol. The number of carbonyl (C=O) groups excluding carboxylic acids is 1. The molecule has 0 aromatic carbocycles. The van der Waals surface area contributed by atoms with Crippen LogP contribution in [0.5, 0.6) is 0 Å². The third-order valence-electron chi connectivity index (χ3n) is 2.54. The fourth-order valence-electron chi connectivity index (χ4n) is 1.37. The van der Waals surface area contributed by atoms with E-state index in [9.17, 15) is 4.79 Å². The lowest BCUT2D eigenvalue weighted by molar-refractivity contribution is -0.122. The molecule has 0 saturated carbocycles. The zero-order chi connectivity index (χ0) is 10.3. The lowest BCUT2D eigenvalue weighted by Crippen LogP contribution is -2.10. The topological polar surface area (TPSA) is 37.3 Å². The van der Waals surface area contributed by atoms with Gasteiger partial charge in [0.25, 0.3) is 0 Å². The van der Waals surface area contributed by atoms with Crippen molar-refractivity contribution >= 4 is 5.78 Å². The van der Waals surface area contributed by atoms with Crippen LogP contribution in [0.1, 0.15) is 46.5 Å². The van der Waals surface area contributed by atoms with E-state index < -0.39 is 0 Å². The summed E-state index contributed by atoms with van der Waals surface area (Å²) in [5.74, 6) is 0.941. The second kappa shape index (κ2) is 7.07. The maximum atomic E-state index is 11.2. The molecule has 2 heteroatoms. The van der Waals surface area contributed by atoms with E-state index in [2.05, 4.69) is 0 Å². The summed E-state index contributed by atoms with van der Waals surface area (Å²) in [5, 5.41) is 8.79. The molecule has 0 saturated heterocycles. The monoisotopic (exact) mass is 186 g/mol. The summed E-state index contributed by atoms with van der Waals surface area (Å²) in [6.07, 6.45) is 3.69. The Morgan fingerprint density at radius 1 is 1.31 bits per heavy atom. The van der Waals surface area contributed by atoms with Gasteiger partial charge in [0.05, 0.1) is 0 Å². The molecule has 1 N–H and O–H groups in total. The molecule has 2 atom stereocenters. The summed E-state index contributed by atoms with van der Waals surface area (Å²) < 4.78 is 0. The predicted molar refractivity (Wildman–Crippen MR) is 54.6 cm³/mol. The van der Waals surface area contributed by atoms with Crippen LogP contribution in [0.3, 0.4) is 0 Å². The first-order chi connectivity index (χ1) is 6.11. The Labute approximate surface area is 81.3 Å². The third kappa shape index (κ3) is 5.81. The third-order valence-corrected chi connectivity index (χ3v) is 2.54. The van der Waals surface area contributed by atoms with Crippen LogP contribution in [0.15, 0.2) is 0 Å². The Bertz CT molecular complexity index is 143. The van der Waals surface area contributed by atoms with Crippen LogP contribution >= 0.6 is 0 Å². The van der Waals surface area contributed by atoms with Crippen molar-refractivity contribution in [1.29, 1.82) is 0 Å². The van der Waals surface area contributed by atoms with Gasteiger partial charge in [0.15, 0.2) is 0 Å². The Hall–Kier alpha value is -0.370. The molecule has 0 bridgehead atoms. The summed E-state index contributed by atoms with van der Waals surface area (Å²) in [4.78, 5) is 11.2. The van der Waals surface area contributed by atoms with Gasteiger partial charge >= 0.3 is 0 Å². The Balaban J connectivity index is 3.47. The van der Waals surface area contributed by atoms with Crippen LogP contribution in [0, 0.1) is 11.8 Å². The molecule has 0 amide bonds. The van der Waals surface area contributed by atoms with Gasteiger partial charge in [-0.1, -0.05) is 27.2 Å². The van der Waals surface area contributed by atoms with Gasteiger partial charge < -0.3 is 5.11 Å². The largest absolute Gasteiger partial charge is 0.396 e. The van der Waals surface area contributed by atoms with Crippen LogP contribution in [0.2, 0.25) is 0 Å². The predicted octanol–water partition coefficient (Wildman–Crippen LogP) is 2.40. The summed E-state index contributed by atoms with van der Waals surface area (Å²) >= 11 is 0. The molecule has 0 radical (unpaired) electrons. The molecule has 78 valence electrons. The molecular formula is C11H22O2. The van der Waals surface area contributed by atoms with Crippen LogP contribution in [-0.2, 0) is 4.79 Å². The first-order valence-corrected chi connectivity index (χ1v) is 5.25. The summed E-state index contributed by atoms with van der Waals surface area (Å²) in [6.45, 7) is 6.20. The summed E-state index contributed by atoms with van der Waals surface area (Å²) in [5.41, 5.74) is 0. The Morgan fingerprint density at radius 3 is 2.38 bits per heavy atom. The molecule has 2 nitrogen and oxygen atoms in total. The number of ketones is 1. The lowest BCUT2D eigenvalue weighted by Gasteiger charge is -2.10. The van der Waals surface area contributed by atoms with Crippen molar-refractivity contribution in [2.24, 2.45) is 11.8 Å². The second-order valence-electron chi connectivity index (χ2n) is 3.94. The zero-order valence-corrected chi connectivity index (χ0v) is 9.05. The Kier molecular flexibility index (Phi) is 6.87. The molecule has 0 rings (SSSR count). The van der Waals surface area contributed by atoms with E-state index in [0.29, 0.717) is 18.1 Å². The minimum atomic E-state index is 0.205. The first kappa shape index (κ1) is 12.6. The minimum absolute atomic E-state index is 0.205. The number of carbonyl (C=O) groups is 1. The number of hydrogen-bond acceptors (Lipinski definition) is 2. The molecule has 0 unspecified atom stereocenters. The summed E-state index contributed by atoms with van der Waals surface area (Å²) in [7, 11) is 0. The van der Waals surface area contributed by atoms with Crippen molar-refractivity contribution in [3.05, 3.63) is 0 Å². The van der Waals surface area contributed by atoms with Gasteiger partial charge in [-0.25, -0.2) is 0 Å². The van der Waals surface area contributed by atoms with Gasteiger partial charge in [-0.2, -0.15) is 0 Å². The van der Waals surface area contributed by atoms with Gasteiger partial charge in [0, 0.05) is 18.9 Å². The maximum absolute atomic E-state index is 11.2. The highest BCUT2D eigenvalue weighted by Crippen LogP contribution is 2.14. The van der Waals surface area contributed by atoms with Gasteiger partial charge in [-0.05, 0) is 18.8 Å². The second-order valence-corrected chi connectivity index (χ2v) is 3.94. The fraction of sp³-hybridized carbons (Fsp3) is 0.909. The highest BCUT2D eigenvalue weighted by molar-refractivity contribution is 5.80. The van der Waals surface area contributed by atoms with Crippen molar-refractivity contribution in [3.63, 3.8) is 0 Å². The van der Waals surface area contributed by atoms with Crippen LogP contribution in [0.25, 0.3) is 0 Å². The highest BCUT2D eigenvalue weighted by atomic mass is 16.3. The van der Waals surface area contributed by atoms with E-state index in [-0.39, 0.29) is 12.5 Å². The lowest BCUT2D eigenvalue weighted by atomic mass is 9.95. The number of aliphatic hydroxyl groups is 1. The van der Waals surface area contributed by atoms with E-state index >= 15 is 0 Å². The van der Waals surface area contributed by atoms with Crippen LogP contribution in [0.4, 0.5) is 0 Å². The molecule has 0 aromatic heterocycles. The van der Waals surface area contributed by atoms with Crippen LogP contribution in [-0.4, -0.2) is 17.5 Å². The van der Waals surface area contributed by atoms with Gasteiger partial charge in [0.2, 0.25) is 0 Å². The van der Waals surface area contributed by atoms with Crippen molar-refractivity contribution in [3.8, 4) is 0 Å². The molecule has 0 heterocycles. The van der Waals surface area contributed by atoms with E-state index in [1.807, 2.05) is 20.8 Å². The average Bonchev–Trinajstić information content (AvgIpc) is 2.15. The number of aliphatic hydroxyl groups excluding tert-OH is 1. The number of hydrogen-bond donors (Lipinski definition) is 1. The maximum Gasteiger partial charge on any atom is 0.135 e. The standard InChI is InChI=1S/C11H22O2/c1-4-11(13)10(3)7-5-6-9(2)8-12/h9-10,12H,4-8H2,1-3H3/t9-,10+/m1/s1. The van der Waals surface area contributed by atoms with E-state index in [1.54, 1.807) is 0 Å².